The molecule has 0 aromatic heterocycles. The van der Waals surface area contributed by atoms with Crippen molar-refractivity contribution >= 4 is 0 Å². The van der Waals surface area contributed by atoms with Gasteiger partial charge in [-0.05, 0) is 19.9 Å². The zero-order valence-corrected chi connectivity index (χ0v) is 9.34. The van der Waals surface area contributed by atoms with Gasteiger partial charge in [0.2, 0.25) is 0 Å². The Bertz CT molecular complexity index is 123. The van der Waals surface area contributed by atoms with Crippen molar-refractivity contribution in [1.82, 2.24) is 10.2 Å². The Kier molecular flexibility index (Phi) is 8.05. The largest absolute Gasteiger partial charge is 0.312 e. The van der Waals surface area contributed by atoms with Gasteiger partial charge in [0, 0.05) is 25.7 Å². The van der Waals surface area contributed by atoms with Gasteiger partial charge in [-0.3, -0.25) is 4.90 Å². The minimum atomic E-state index is 0.704. The number of hydrogen-bond acceptors (Lipinski definition) is 2. The second-order valence-corrected chi connectivity index (χ2v) is 3.38. The number of likely N-dealkylation sites (N-methyl/N-ethyl adjacent to an activating group) is 1. The number of nitrogens with zero attached hydrogens (tertiary/aromatic N) is 1. The Hall–Kier alpha value is -0.340. The summed E-state index contributed by atoms with van der Waals surface area (Å²) in [7, 11) is 0. The molecule has 0 saturated heterocycles. The Balaban J connectivity index is 3.52. The van der Waals surface area contributed by atoms with Gasteiger partial charge in [-0.15, -0.1) is 6.58 Å². The number of hydrogen-bond donors (Lipinski definition) is 1. The van der Waals surface area contributed by atoms with Crippen molar-refractivity contribution in [1.29, 1.82) is 0 Å². The maximum atomic E-state index is 3.67. The summed E-state index contributed by atoms with van der Waals surface area (Å²) in [6.45, 7) is 14.7. The van der Waals surface area contributed by atoms with E-state index in [9.17, 15) is 0 Å². The molecule has 0 aromatic carbocycles. The van der Waals surface area contributed by atoms with Crippen LogP contribution in [-0.4, -0.2) is 37.1 Å². The first-order chi connectivity index (χ1) is 6.26. The lowest BCUT2D eigenvalue weighted by atomic mass is 10.2. The average molecular weight is 184 g/mol. The second-order valence-electron chi connectivity index (χ2n) is 3.38. The maximum Gasteiger partial charge on any atom is 0.0132 e. The molecule has 2 heteroatoms. The minimum Gasteiger partial charge on any atom is -0.312 e. The van der Waals surface area contributed by atoms with Crippen LogP contribution in [0.1, 0.15) is 27.2 Å². The fourth-order valence-electron chi connectivity index (χ4n) is 1.38. The van der Waals surface area contributed by atoms with E-state index in [2.05, 4.69) is 37.6 Å². The lowest BCUT2D eigenvalue weighted by Gasteiger charge is -2.26. The van der Waals surface area contributed by atoms with E-state index in [-0.39, 0.29) is 0 Å². The van der Waals surface area contributed by atoms with E-state index in [0.29, 0.717) is 6.04 Å². The predicted molar refractivity (Wildman–Crippen MR) is 60.1 cm³/mol. The van der Waals surface area contributed by atoms with Gasteiger partial charge in [0.05, 0.1) is 0 Å². The fraction of sp³-hybridized carbons (Fsp3) is 0.818. The van der Waals surface area contributed by atoms with Gasteiger partial charge in [0.1, 0.15) is 0 Å². The fourth-order valence-corrected chi connectivity index (χ4v) is 1.38. The summed E-state index contributed by atoms with van der Waals surface area (Å²) in [6, 6.07) is 0.704. The monoisotopic (exact) mass is 184 g/mol. The van der Waals surface area contributed by atoms with Crippen LogP contribution < -0.4 is 5.32 Å². The van der Waals surface area contributed by atoms with Crippen molar-refractivity contribution in [2.45, 2.75) is 33.2 Å². The summed E-state index contributed by atoms with van der Waals surface area (Å²) >= 11 is 0. The molecule has 0 aromatic rings. The van der Waals surface area contributed by atoms with E-state index in [0.717, 1.165) is 26.2 Å². The van der Waals surface area contributed by atoms with Gasteiger partial charge >= 0.3 is 0 Å². The number of nitrogens with one attached hydrogen (secondary N) is 1. The number of rotatable bonds is 8. The molecule has 0 spiro atoms. The Labute approximate surface area is 83.0 Å². The van der Waals surface area contributed by atoms with E-state index in [1.165, 1.54) is 6.42 Å². The lowest BCUT2D eigenvalue weighted by molar-refractivity contribution is 0.216. The van der Waals surface area contributed by atoms with Crippen LogP contribution >= 0.6 is 0 Å². The van der Waals surface area contributed by atoms with Crippen LogP contribution in [0, 0.1) is 0 Å². The third-order valence-corrected chi connectivity index (χ3v) is 2.48. The first-order valence-electron chi connectivity index (χ1n) is 5.31. The molecule has 0 radical (unpaired) electrons. The summed E-state index contributed by atoms with van der Waals surface area (Å²) < 4.78 is 0. The zero-order valence-electron chi connectivity index (χ0n) is 9.34. The van der Waals surface area contributed by atoms with Crippen LogP contribution in [0.4, 0.5) is 0 Å². The Morgan fingerprint density at radius 1 is 1.46 bits per heavy atom. The maximum absolute atomic E-state index is 3.67. The molecule has 0 aliphatic heterocycles. The molecule has 2 nitrogen and oxygen atoms in total. The molecule has 78 valence electrons. The van der Waals surface area contributed by atoms with Crippen molar-refractivity contribution in [3.63, 3.8) is 0 Å². The van der Waals surface area contributed by atoms with Gasteiger partial charge in [-0.25, -0.2) is 0 Å². The molecule has 0 fully saturated rings. The quantitative estimate of drug-likeness (QED) is 0.458. The smallest absolute Gasteiger partial charge is 0.0132 e. The van der Waals surface area contributed by atoms with Crippen LogP contribution in [0.5, 0.6) is 0 Å². The molecule has 0 rings (SSSR count). The van der Waals surface area contributed by atoms with Crippen LogP contribution in [0.2, 0.25) is 0 Å². The molecule has 1 atom stereocenters. The zero-order chi connectivity index (χ0) is 10.1. The third kappa shape index (κ3) is 5.83. The SMILES string of the molecule is C=CCNCCN(CC)C(C)CC. The standard InChI is InChI=1S/C11H24N2/c1-5-8-12-9-10-13(7-3)11(4)6-2/h5,11-12H,1,6-10H2,2-4H3. The molecule has 0 saturated carbocycles. The molecule has 0 heterocycles. The van der Waals surface area contributed by atoms with Crippen LogP contribution in [0.15, 0.2) is 12.7 Å². The first-order valence-corrected chi connectivity index (χ1v) is 5.31. The van der Waals surface area contributed by atoms with E-state index in [1.54, 1.807) is 0 Å². The van der Waals surface area contributed by atoms with Crippen molar-refractivity contribution < 1.29 is 0 Å². The average Bonchev–Trinajstić information content (AvgIpc) is 2.17. The summed E-state index contributed by atoms with van der Waals surface area (Å²) in [4.78, 5) is 2.50. The molecular formula is C11H24N2. The lowest BCUT2D eigenvalue weighted by Crippen LogP contribution is -2.37. The summed E-state index contributed by atoms with van der Waals surface area (Å²) in [5, 5.41) is 3.32. The van der Waals surface area contributed by atoms with Crippen molar-refractivity contribution in [3.05, 3.63) is 12.7 Å². The van der Waals surface area contributed by atoms with Gasteiger partial charge in [-0.1, -0.05) is 19.9 Å². The third-order valence-electron chi connectivity index (χ3n) is 2.48. The molecule has 0 aliphatic carbocycles. The van der Waals surface area contributed by atoms with E-state index in [1.807, 2.05) is 6.08 Å². The Morgan fingerprint density at radius 2 is 2.15 bits per heavy atom. The van der Waals surface area contributed by atoms with Crippen LogP contribution in [0.3, 0.4) is 0 Å². The highest BCUT2D eigenvalue weighted by atomic mass is 15.2. The second kappa shape index (κ2) is 8.27. The normalized spacial score (nSPS) is 13.2. The molecule has 1 unspecified atom stereocenters. The highest BCUT2D eigenvalue weighted by molar-refractivity contribution is 4.71. The highest BCUT2D eigenvalue weighted by Crippen LogP contribution is 2.01. The molecule has 1 N–H and O–H groups in total. The van der Waals surface area contributed by atoms with Gasteiger partial charge < -0.3 is 5.32 Å². The molecule has 13 heavy (non-hydrogen) atoms. The van der Waals surface area contributed by atoms with Crippen LogP contribution in [-0.2, 0) is 0 Å². The van der Waals surface area contributed by atoms with Gasteiger partial charge in [-0.2, -0.15) is 0 Å². The van der Waals surface area contributed by atoms with Gasteiger partial charge in [0.25, 0.3) is 0 Å². The highest BCUT2D eigenvalue weighted by Gasteiger charge is 2.07. The van der Waals surface area contributed by atoms with Crippen LogP contribution in [0.25, 0.3) is 0 Å². The summed E-state index contributed by atoms with van der Waals surface area (Å²) in [5.74, 6) is 0. The van der Waals surface area contributed by atoms with E-state index >= 15 is 0 Å². The molecule has 0 bridgehead atoms. The predicted octanol–water partition coefficient (Wildman–Crippen LogP) is 1.88. The topological polar surface area (TPSA) is 15.3 Å². The molecular weight excluding hydrogens is 160 g/mol. The molecule has 0 amide bonds. The van der Waals surface area contributed by atoms with E-state index < -0.39 is 0 Å². The summed E-state index contributed by atoms with van der Waals surface area (Å²) in [5.41, 5.74) is 0. The van der Waals surface area contributed by atoms with Crippen molar-refractivity contribution in [2.24, 2.45) is 0 Å². The Morgan fingerprint density at radius 3 is 2.62 bits per heavy atom. The van der Waals surface area contributed by atoms with E-state index in [4.69, 9.17) is 0 Å². The first kappa shape index (κ1) is 12.7. The molecule has 0 aliphatic rings. The summed E-state index contributed by atoms with van der Waals surface area (Å²) in [6.07, 6.45) is 3.13. The van der Waals surface area contributed by atoms with Gasteiger partial charge in [0.15, 0.2) is 0 Å². The minimum absolute atomic E-state index is 0.704. The van der Waals surface area contributed by atoms with Crippen molar-refractivity contribution in [2.75, 3.05) is 26.2 Å². The van der Waals surface area contributed by atoms with Crippen molar-refractivity contribution in [3.8, 4) is 0 Å².